The van der Waals surface area contributed by atoms with E-state index in [1.807, 2.05) is 23.0 Å². The van der Waals surface area contributed by atoms with E-state index in [2.05, 4.69) is 131 Å². The summed E-state index contributed by atoms with van der Waals surface area (Å²) in [7, 11) is 0. The van der Waals surface area contributed by atoms with Crippen LogP contribution in [-0.2, 0) is 12.8 Å². The van der Waals surface area contributed by atoms with Crippen LogP contribution in [0.15, 0.2) is 103 Å². The summed E-state index contributed by atoms with van der Waals surface area (Å²) in [6.07, 6.45) is 3.82. The Hall–Kier alpha value is -5.16. The quantitative estimate of drug-likeness (QED) is 0.173. The zero-order valence-electron chi connectivity index (χ0n) is 27.5. The van der Waals surface area contributed by atoms with E-state index in [1.54, 1.807) is 0 Å². The van der Waals surface area contributed by atoms with E-state index in [9.17, 15) is 0 Å². The van der Waals surface area contributed by atoms with Gasteiger partial charge in [0.25, 0.3) is 0 Å². The van der Waals surface area contributed by atoms with E-state index in [0.717, 1.165) is 58.3 Å². The monoisotopic (exact) mass is 604 g/mol. The minimum atomic E-state index is 0.590. The van der Waals surface area contributed by atoms with Crippen molar-refractivity contribution in [3.05, 3.63) is 131 Å². The Morgan fingerprint density at radius 2 is 1.57 bits per heavy atom. The van der Waals surface area contributed by atoms with E-state index in [-0.39, 0.29) is 0 Å². The molecule has 0 unspecified atom stereocenters. The number of fused-ring (bicyclic) bond motifs is 3. The van der Waals surface area contributed by atoms with Crippen LogP contribution in [-0.4, -0.2) is 19.3 Å². The molecular weight excluding hydrogens is 564 g/mol. The predicted molar refractivity (Wildman–Crippen MR) is 190 cm³/mol. The number of ether oxygens (including phenoxy) is 1. The lowest BCUT2D eigenvalue weighted by molar-refractivity contribution is 0.482. The summed E-state index contributed by atoms with van der Waals surface area (Å²) in [4.78, 5) is 4.79. The molecule has 0 saturated heterocycles. The fraction of sp³-hybridized carbons (Fsp3) is 0.220. The molecule has 230 valence electrons. The van der Waals surface area contributed by atoms with Gasteiger partial charge in [0.2, 0.25) is 0 Å². The van der Waals surface area contributed by atoms with Gasteiger partial charge in [0.1, 0.15) is 17.3 Å². The van der Waals surface area contributed by atoms with Crippen molar-refractivity contribution >= 4 is 21.8 Å². The summed E-state index contributed by atoms with van der Waals surface area (Å²) in [6.45, 7) is 13.0. The second kappa shape index (κ2) is 12.0. The fourth-order valence-corrected chi connectivity index (χ4v) is 6.68. The van der Waals surface area contributed by atoms with E-state index < -0.39 is 0 Å². The molecule has 46 heavy (non-hydrogen) atoms. The molecule has 5 heteroatoms. The highest BCUT2D eigenvalue weighted by molar-refractivity contribution is 6.09. The number of hydrogen-bond donors (Lipinski definition) is 0. The smallest absolute Gasteiger partial charge is 0.137 e. The number of nitrogens with zero attached hydrogens (tertiary/aromatic N) is 4. The Kier molecular flexibility index (Phi) is 7.69. The van der Waals surface area contributed by atoms with Gasteiger partial charge in [-0.05, 0) is 110 Å². The molecule has 0 saturated carbocycles. The lowest BCUT2D eigenvalue weighted by Gasteiger charge is -2.13. The summed E-state index contributed by atoms with van der Waals surface area (Å²) in [5.74, 6) is 3.07. The third-order valence-corrected chi connectivity index (χ3v) is 8.77. The molecule has 0 spiro atoms. The molecule has 0 atom stereocenters. The van der Waals surface area contributed by atoms with Crippen LogP contribution >= 0.6 is 0 Å². The molecule has 7 rings (SSSR count). The standard InChI is InChI=1S/C41H40N4O/c1-7-30-21-33(45-29(6)41(28(5)43-45)32-11-9-8-10-12-32)24-35(22-30)46-34-14-15-36-37-23-31(19-26(2)3)13-16-38(37)44(39(36)25-34)40-20-27(4)17-18-42-40/h8-18,20-26H,7,19H2,1-6H3. The first kappa shape index (κ1) is 29.5. The first-order valence-electron chi connectivity index (χ1n) is 16.2. The number of rotatable bonds is 8. The molecule has 0 amide bonds. The van der Waals surface area contributed by atoms with Crippen LogP contribution in [0.5, 0.6) is 11.5 Å². The van der Waals surface area contributed by atoms with Gasteiger partial charge in [0.05, 0.1) is 22.4 Å². The molecule has 0 radical (unpaired) electrons. The molecule has 0 N–H and O–H groups in total. The van der Waals surface area contributed by atoms with Gasteiger partial charge >= 0.3 is 0 Å². The Balaban J connectivity index is 1.33. The SMILES string of the molecule is CCc1cc(Oc2ccc3c4cc(CC(C)C)ccc4n(-c4cc(C)ccn4)c3c2)cc(-n2nc(C)c(-c3ccccc3)c2C)c1. The van der Waals surface area contributed by atoms with Crippen LogP contribution in [0.3, 0.4) is 0 Å². The maximum absolute atomic E-state index is 6.66. The first-order chi connectivity index (χ1) is 22.3. The lowest BCUT2D eigenvalue weighted by Crippen LogP contribution is -2.01. The maximum Gasteiger partial charge on any atom is 0.137 e. The van der Waals surface area contributed by atoms with Crippen molar-refractivity contribution in [2.75, 3.05) is 0 Å². The molecule has 4 aromatic carbocycles. The summed E-state index contributed by atoms with van der Waals surface area (Å²) in [6, 6.07) is 34.4. The Labute approximate surface area is 271 Å². The Morgan fingerprint density at radius 3 is 2.33 bits per heavy atom. The van der Waals surface area contributed by atoms with E-state index >= 15 is 0 Å². The van der Waals surface area contributed by atoms with Crippen molar-refractivity contribution in [2.24, 2.45) is 5.92 Å². The van der Waals surface area contributed by atoms with Crippen molar-refractivity contribution in [1.29, 1.82) is 0 Å². The van der Waals surface area contributed by atoms with Crippen molar-refractivity contribution in [3.8, 4) is 34.1 Å². The molecule has 0 bridgehead atoms. The van der Waals surface area contributed by atoms with Crippen molar-refractivity contribution in [1.82, 2.24) is 19.3 Å². The molecule has 0 aliphatic rings. The summed E-state index contributed by atoms with van der Waals surface area (Å²) >= 11 is 0. The molecular formula is C41H40N4O. The minimum Gasteiger partial charge on any atom is -0.457 e. The van der Waals surface area contributed by atoms with Gasteiger partial charge in [0, 0.05) is 40.4 Å². The fourth-order valence-electron chi connectivity index (χ4n) is 6.68. The maximum atomic E-state index is 6.66. The van der Waals surface area contributed by atoms with Crippen molar-refractivity contribution < 1.29 is 4.74 Å². The number of pyridine rings is 1. The number of benzene rings is 4. The number of hydrogen-bond acceptors (Lipinski definition) is 3. The highest BCUT2D eigenvalue weighted by Crippen LogP contribution is 2.37. The van der Waals surface area contributed by atoms with E-state index in [0.29, 0.717) is 5.92 Å². The third kappa shape index (κ3) is 5.47. The Morgan fingerprint density at radius 1 is 0.739 bits per heavy atom. The zero-order valence-corrected chi connectivity index (χ0v) is 27.5. The van der Waals surface area contributed by atoms with Crippen LogP contribution in [0.25, 0.3) is 44.4 Å². The molecule has 3 aromatic heterocycles. The molecule has 5 nitrogen and oxygen atoms in total. The van der Waals surface area contributed by atoms with Gasteiger partial charge in [0.15, 0.2) is 0 Å². The second-order valence-corrected chi connectivity index (χ2v) is 12.8. The lowest BCUT2D eigenvalue weighted by atomic mass is 10.0. The first-order valence-corrected chi connectivity index (χ1v) is 16.2. The van der Waals surface area contributed by atoms with Crippen LogP contribution in [0.4, 0.5) is 0 Å². The second-order valence-electron chi connectivity index (χ2n) is 12.8. The Bertz CT molecular complexity index is 2200. The normalized spacial score (nSPS) is 11.6. The highest BCUT2D eigenvalue weighted by atomic mass is 16.5. The van der Waals surface area contributed by atoms with Crippen LogP contribution in [0.1, 0.15) is 48.8 Å². The van der Waals surface area contributed by atoms with Crippen LogP contribution in [0.2, 0.25) is 0 Å². The average Bonchev–Trinajstić information content (AvgIpc) is 3.53. The average molecular weight is 605 g/mol. The van der Waals surface area contributed by atoms with Gasteiger partial charge in [-0.25, -0.2) is 9.67 Å². The largest absolute Gasteiger partial charge is 0.457 e. The number of aromatic nitrogens is 4. The van der Waals surface area contributed by atoms with E-state index in [1.165, 1.54) is 38.6 Å². The summed E-state index contributed by atoms with van der Waals surface area (Å²) < 4.78 is 11.0. The van der Waals surface area contributed by atoms with Crippen LogP contribution < -0.4 is 4.74 Å². The van der Waals surface area contributed by atoms with Gasteiger partial charge in [-0.1, -0.05) is 57.2 Å². The zero-order chi connectivity index (χ0) is 31.9. The summed E-state index contributed by atoms with van der Waals surface area (Å²) in [5.41, 5.74) is 11.4. The molecule has 0 fully saturated rings. The van der Waals surface area contributed by atoms with Crippen molar-refractivity contribution in [3.63, 3.8) is 0 Å². The van der Waals surface area contributed by atoms with Crippen LogP contribution in [0, 0.1) is 26.7 Å². The molecule has 3 heterocycles. The molecule has 0 aliphatic carbocycles. The van der Waals surface area contributed by atoms with Crippen molar-refractivity contribution in [2.45, 2.75) is 54.4 Å². The van der Waals surface area contributed by atoms with Gasteiger partial charge in [-0.2, -0.15) is 5.10 Å². The predicted octanol–water partition coefficient (Wildman–Crippen LogP) is 10.5. The van der Waals surface area contributed by atoms with E-state index in [4.69, 9.17) is 14.8 Å². The van der Waals surface area contributed by atoms with Gasteiger partial charge in [-0.15, -0.1) is 0 Å². The summed E-state index contributed by atoms with van der Waals surface area (Å²) in [5, 5.41) is 7.40. The number of aryl methyl sites for hydroxylation is 3. The topological polar surface area (TPSA) is 44.9 Å². The molecule has 0 aliphatic heterocycles. The minimum absolute atomic E-state index is 0.590. The molecule has 7 aromatic rings. The highest BCUT2D eigenvalue weighted by Gasteiger charge is 2.18. The third-order valence-electron chi connectivity index (χ3n) is 8.77. The van der Waals surface area contributed by atoms with Gasteiger partial charge in [-0.3, -0.25) is 4.57 Å². The van der Waals surface area contributed by atoms with Gasteiger partial charge < -0.3 is 4.74 Å².